The van der Waals surface area contributed by atoms with Crippen LogP contribution in [0.25, 0.3) is 0 Å². The fraction of sp³-hybridized carbons (Fsp3) is 0.927. The first-order valence-corrected chi connectivity index (χ1v) is 20.6. The van der Waals surface area contributed by atoms with Crippen LogP contribution in [0.5, 0.6) is 0 Å². The van der Waals surface area contributed by atoms with Crippen LogP contribution in [0.15, 0.2) is 12.2 Å². The lowest BCUT2D eigenvalue weighted by atomic mass is 9.99. The predicted octanol–water partition coefficient (Wildman–Crippen LogP) is 9.23. The number of carbonyl (C=O) groups excluding carboxylic acids is 1. The van der Waals surface area contributed by atoms with Gasteiger partial charge in [0.1, 0.15) is 24.4 Å². The second-order valence-corrected chi connectivity index (χ2v) is 14.5. The SMILES string of the molecule is CCCCCCCCCCCCCCCCCCCCCCCCCC/C=C/CCCC[C@@H](O[C@@H]1O[C@H](CO)[C@@H](O)[C@H](O)[C@H]1O)C(=O)OC. The lowest BCUT2D eigenvalue weighted by molar-refractivity contribution is -0.310. The van der Waals surface area contributed by atoms with Crippen LogP contribution < -0.4 is 0 Å². The smallest absolute Gasteiger partial charge is 0.335 e. The van der Waals surface area contributed by atoms with Gasteiger partial charge >= 0.3 is 5.97 Å². The summed E-state index contributed by atoms with van der Waals surface area (Å²) >= 11 is 0. The van der Waals surface area contributed by atoms with Gasteiger partial charge in [-0.2, -0.15) is 0 Å². The van der Waals surface area contributed by atoms with Crippen LogP contribution >= 0.6 is 0 Å². The highest BCUT2D eigenvalue weighted by atomic mass is 16.7. The summed E-state index contributed by atoms with van der Waals surface area (Å²) in [7, 11) is 1.26. The van der Waals surface area contributed by atoms with Crippen LogP contribution in [-0.4, -0.2) is 76.9 Å². The maximum Gasteiger partial charge on any atom is 0.335 e. The fourth-order valence-corrected chi connectivity index (χ4v) is 6.77. The molecular weight excluding hydrogens is 620 g/mol. The summed E-state index contributed by atoms with van der Waals surface area (Å²) in [4.78, 5) is 12.2. The number of rotatable bonds is 34. The Bertz CT molecular complexity index is 760. The molecule has 0 spiro atoms. The molecule has 49 heavy (non-hydrogen) atoms. The Balaban J connectivity index is 1.88. The summed E-state index contributed by atoms with van der Waals surface area (Å²) in [5.74, 6) is -0.595. The molecule has 290 valence electrons. The molecule has 1 aliphatic heterocycles. The Kier molecular flexibility index (Phi) is 30.8. The van der Waals surface area contributed by atoms with Gasteiger partial charge in [0.25, 0.3) is 0 Å². The minimum absolute atomic E-state index is 0.370. The van der Waals surface area contributed by atoms with Crippen molar-refractivity contribution in [2.45, 2.75) is 230 Å². The third-order valence-electron chi connectivity index (χ3n) is 10.1. The first-order valence-electron chi connectivity index (χ1n) is 20.6. The van der Waals surface area contributed by atoms with E-state index in [-0.39, 0.29) is 0 Å². The van der Waals surface area contributed by atoms with Crippen molar-refractivity contribution >= 4 is 5.97 Å². The number of methoxy groups -OCH3 is 1. The van der Waals surface area contributed by atoms with Gasteiger partial charge in [-0.3, -0.25) is 0 Å². The molecule has 0 radical (unpaired) electrons. The third-order valence-corrected chi connectivity index (χ3v) is 10.1. The van der Waals surface area contributed by atoms with Crippen molar-refractivity contribution in [1.82, 2.24) is 0 Å². The molecule has 0 aliphatic carbocycles. The van der Waals surface area contributed by atoms with Crippen LogP contribution in [0.1, 0.15) is 193 Å². The first kappa shape index (κ1) is 46.0. The van der Waals surface area contributed by atoms with E-state index in [0.29, 0.717) is 12.8 Å². The lowest BCUT2D eigenvalue weighted by Gasteiger charge is -2.40. The van der Waals surface area contributed by atoms with Crippen molar-refractivity contribution in [1.29, 1.82) is 0 Å². The van der Waals surface area contributed by atoms with Crippen LogP contribution in [0, 0.1) is 0 Å². The van der Waals surface area contributed by atoms with Crippen LogP contribution in [0.3, 0.4) is 0 Å². The topological polar surface area (TPSA) is 126 Å². The number of ether oxygens (including phenoxy) is 3. The van der Waals surface area contributed by atoms with E-state index in [2.05, 4.69) is 19.1 Å². The minimum Gasteiger partial charge on any atom is -0.467 e. The van der Waals surface area contributed by atoms with E-state index in [1.807, 2.05) is 0 Å². The Hall–Kier alpha value is -1.03. The molecule has 1 aliphatic rings. The molecule has 0 amide bonds. The van der Waals surface area contributed by atoms with E-state index >= 15 is 0 Å². The van der Waals surface area contributed by atoms with Gasteiger partial charge < -0.3 is 34.6 Å². The molecule has 0 saturated carbocycles. The summed E-state index contributed by atoms with van der Waals surface area (Å²) < 4.78 is 15.8. The standard InChI is InChI=1S/C41H78O8/c1-3-4-5-6-7-8-9-10-11-12-13-14-15-16-17-18-19-20-21-22-23-24-25-26-27-28-29-30-31-32-33-35(40(46)47-2)48-41-39(45)38(44)37(43)36(34-42)49-41/h28-29,35-39,41-45H,3-27,30-34H2,1-2H3/b29-28+/t35-,36-,37-,38+,39-,41-/m1/s1. The Morgan fingerprint density at radius 1 is 0.592 bits per heavy atom. The van der Waals surface area contributed by atoms with Gasteiger partial charge in [0.15, 0.2) is 12.4 Å². The summed E-state index contributed by atoms with van der Waals surface area (Å²) in [5, 5.41) is 39.5. The van der Waals surface area contributed by atoms with Gasteiger partial charge in [0.2, 0.25) is 0 Å². The number of aliphatic hydroxyl groups excluding tert-OH is 4. The second kappa shape index (κ2) is 32.8. The monoisotopic (exact) mass is 699 g/mol. The molecule has 1 fully saturated rings. The molecule has 8 heteroatoms. The lowest BCUT2D eigenvalue weighted by Crippen LogP contribution is -2.60. The molecule has 0 bridgehead atoms. The Morgan fingerprint density at radius 2 is 0.980 bits per heavy atom. The van der Waals surface area contributed by atoms with E-state index < -0.39 is 49.4 Å². The van der Waals surface area contributed by atoms with Crippen LogP contribution in [0.4, 0.5) is 0 Å². The highest BCUT2D eigenvalue weighted by molar-refractivity contribution is 5.74. The zero-order chi connectivity index (χ0) is 35.8. The molecule has 0 aromatic carbocycles. The van der Waals surface area contributed by atoms with E-state index in [0.717, 1.165) is 19.3 Å². The maximum absolute atomic E-state index is 12.2. The molecule has 1 heterocycles. The quantitative estimate of drug-likeness (QED) is 0.0298. The Morgan fingerprint density at radius 3 is 1.37 bits per heavy atom. The van der Waals surface area contributed by atoms with Crippen molar-refractivity contribution in [3.8, 4) is 0 Å². The molecule has 1 saturated heterocycles. The highest BCUT2D eigenvalue weighted by Crippen LogP contribution is 2.24. The van der Waals surface area contributed by atoms with Crippen molar-refractivity contribution in [2.24, 2.45) is 0 Å². The summed E-state index contributed by atoms with van der Waals surface area (Å²) in [5.41, 5.74) is 0. The van der Waals surface area contributed by atoms with Crippen molar-refractivity contribution in [3.63, 3.8) is 0 Å². The average molecular weight is 699 g/mol. The molecule has 6 atom stereocenters. The highest BCUT2D eigenvalue weighted by Gasteiger charge is 2.45. The molecule has 0 aromatic heterocycles. The number of hydrogen-bond donors (Lipinski definition) is 4. The molecular formula is C41H78O8. The number of hydrogen-bond acceptors (Lipinski definition) is 8. The normalized spacial score (nSPS) is 21.8. The summed E-state index contributed by atoms with van der Waals surface area (Å²) in [6, 6.07) is 0. The fourth-order valence-electron chi connectivity index (χ4n) is 6.77. The number of aliphatic hydroxyl groups is 4. The third kappa shape index (κ3) is 24.0. The zero-order valence-corrected chi connectivity index (χ0v) is 31.8. The van der Waals surface area contributed by atoms with Crippen molar-refractivity contribution in [2.75, 3.05) is 13.7 Å². The molecule has 4 N–H and O–H groups in total. The van der Waals surface area contributed by atoms with E-state index in [9.17, 15) is 25.2 Å². The van der Waals surface area contributed by atoms with E-state index in [4.69, 9.17) is 14.2 Å². The van der Waals surface area contributed by atoms with Gasteiger partial charge in [-0.15, -0.1) is 0 Å². The molecule has 8 nitrogen and oxygen atoms in total. The maximum atomic E-state index is 12.2. The first-order chi connectivity index (χ1) is 24.0. The average Bonchev–Trinajstić information content (AvgIpc) is 3.11. The van der Waals surface area contributed by atoms with Gasteiger partial charge in [0, 0.05) is 0 Å². The van der Waals surface area contributed by atoms with E-state index in [1.54, 1.807) is 0 Å². The predicted molar refractivity (Wildman–Crippen MR) is 199 cm³/mol. The number of carbonyl (C=O) groups is 1. The summed E-state index contributed by atoms with van der Waals surface area (Å²) in [6.45, 7) is 1.73. The minimum atomic E-state index is -1.55. The summed E-state index contributed by atoms with van der Waals surface area (Å²) in [6.07, 6.45) is 34.2. The van der Waals surface area contributed by atoms with Crippen LogP contribution in [0.2, 0.25) is 0 Å². The molecule has 1 rings (SSSR count). The van der Waals surface area contributed by atoms with Crippen molar-refractivity contribution in [3.05, 3.63) is 12.2 Å². The zero-order valence-electron chi connectivity index (χ0n) is 31.8. The molecule has 0 unspecified atom stereocenters. The number of unbranched alkanes of at least 4 members (excludes halogenated alkanes) is 26. The van der Waals surface area contributed by atoms with Crippen LogP contribution in [-0.2, 0) is 19.0 Å². The van der Waals surface area contributed by atoms with Gasteiger partial charge in [-0.25, -0.2) is 4.79 Å². The van der Waals surface area contributed by atoms with Crippen molar-refractivity contribution < 1.29 is 39.4 Å². The van der Waals surface area contributed by atoms with Gasteiger partial charge in [0.05, 0.1) is 13.7 Å². The van der Waals surface area contributed by atoms with Gasteiger partial charge in [-0.05, 0) is 38.5 Å². The molecule has 0 aromatic rings. The number of esters is 1. The second-order valence-electron chi connectivity index (χ2n) is 14.5. The van der Waals surface area contributed by atoms with E-state index in [1.165, 1.54) is 161 Å². The largest absolute Gasteiger partial charge is 0.467 e. The Labute approximate surface area is 300 Å². The van der Waals surface area contributed by atoms with Gasteiger partial charge in [-0.1, -0.05) is 167 Å². The number of allylic oxidation sites excluding steroid dienone is 2.